The summed E-state index contributed by atoms with van der Waals surface area (Å²) in [6.45, 7) is 3.72. The van der Waals surface area contributed by atoms with E-state index in [4.69, 9.17) is 11.6 Å². The number of hydrogen-bond donors (Lipinski definition) is 2. The number of halogens is 1. The van der Waals surface area contributed by atoms with Crippen LogP contribution in [0.4, 0.5) is 5.13 Å². The molecule has 2 N–H and O–H groups in total. The molecule has 2 aromatic rings. The monoisotopic (exact) mass is 346 g/mol. The van der Waals surface area contributed by atoms with Gasteiger partial charge in [-0.05, 0) is 62.5 Å². The third-order valence-corrected chi connectivity index (χ3v) is 6.69. The number of nitrogens with zero attached hydrogens (tertiary/aromatic N) is 2. The van der Waals surface area contributed by atoms with Gasteiger partial charge in [-0.15, -0.1) is 0 Å². The Morgan fingerprint density at radius 1 is 1.35 bits per heavy atom. The quantitative estimate of drug-likeness (QED) is 0.870. The van der Waals surface area contributed by atoms with E-state index in [2.05, 4.69) is 26.6 Å². The molecule has 4 aliphatic rings. The largest absolute Gasteiger partial charge is 0.365 e. The van der Waals surface area contributed by atoms with Crippen molar-refractivity contribution in [3.8, 4) is 0 Å². The topological polar surface area (TPSA) is 40.2 Å². The Labute approximate surface area is 144 Å². The molecule has 1 unspecified atom stereocenters. The van der Waals surface area contributed by atoms with Crippen molar-refractivity contribution in [3.63, 3.8) is 0 Å². The first-order valence-corrected chi connectivity index (χ1v) is 9.43. The molecule has 0 amide bonds. The fourth-order valence-corrected chi connectivity index (χ4v) is 5.50. The second-order valence-corrected chi connectivity index (χ2v) is 8.38. The molecule has 1 aromatic heterocycles. The van der Waals surface area contributed by atoms with Crippen LogP contribution < -0.4 is 10.6 Å². The number of anilines is 1. The van der Waals surface area contributed by atoms with Crippen LogP contribution in [-0.2, 0) is 0 Å². The minimum atomic E-state index is 0.249. The minimum absolute atomic E-state index is 0.249. The van der Waals surface area contributed by atoms with Gasteiger partial charge in [-0.3, -0.25) is 0 Å². The van der Waals surface area contributed by atoms with Gasteiger partial charge in [0.2, 0.25) is 0 Å². The molecule has 23 heavy (non-hydrogen) atoms. The average molecular weight is 347 g/mol. The van der Waals surface area contributed by atoms with E-state index in [0.717, 1.165) is 38.5 Å². The molecule has 0 saturated carbocycles. The van der Waals surface area contributed by atoms with Crippen molar-refractivity contribution < 1.29 is 0 Å². The zero-order valence-corrected chi connectivity index (χ0v) is 14.4. The van der Waals surface area contributed by atoms with Gasteiger partial charge in [0.25, 0.3) is 0 Å². The SMILES string of the molecule is Clc1ccc2nc(NC3=CCC4(CN5CCC4CC5)N3)sc2c1. The summed E-state index contributed by atoms with van der Waals surface area (Å²) < 4.78 is 1.12. The molecule has 3 fully saturated rings. The molecule has 4 aliphatic heterocycles. The molecule has 120 valence electrons. The molecule has 4 nitrogen and oxygen atoms in total. The van der Waals surface area contributed by atoms with Gasteiger partial charge in [0.05, 0.1) is 15.8 Å². The van der Waals surface area contributed by atoms with Crippen molar-refractivity contribution in [1.82, 2.24) is 15.2 Å². The van der Waals surface area contributed by atoms with Crippen LogP contribution in [0.25, 0.3) is 10.2 Å². The lowest BCUT2D eigenvalue weighted by Crippen LogP contribution is -2.64. The Bertz CT molecular complexity index is 793. The highest BCUT2D eigenvalue weighted by atomic mass is 35.5. The van der Waals surface area contributed by atoms with Crippen molar-refractivity contribution in [2.75, 3.05) is 25.0 Å². The van der Waals surface area contributed by atoms with Crippen LogP contribution in [0.15, 0.2) is 30.1 Å². The number of nitrogens with one attached hydrogen (secondary N) is 2. The molecular formula is C17H19ClN4S. The van der Waals surface area contributed by atoms with Gasteiger partial charge in [0, 0.05) is 11.6 Å². The summed E-state index contributed by atoms with van der Waals surface area (Å²) in [6, 6.07) is 5.85. The summed E-state index contributed by atoms with van der Waals surface area (Å²) >= 11 is 7.71. The summed E-state index contributed by atoms with van der Waals surface area (Å²) in [4.78, 5) is 7.26. The molecule has 6 heteroatoms. The lowest BCUT2D eigenvalue weighted by atomic mass is 9.72. The summed E-state index contributed by atoms with van der Waals surface area (Å²) in [5.74, 6) is 1.92. The Morgan fingerprint density at radius 3 is 3.00 bits per heavy atom. The zero-order valence-electron chi connectivity index (χ0n) is 12.8. The second-order valence-electron chi connectivity index (χ2n) is 6.91. The molecule has 3 saturated heterocycles. The Balaban J connectivity index is 1.35. The fraction of sp³-hybridized carbons (Fsp3) is 0.471. The predicted molar refractivity (Wildman–Crippen MR) is 96.0 cm³/mol. The lowest BCUT2D eigenvalue weighted by Gasteiger charge is -2.52. The van der Waals surface area contributed by atoms with Crippen molar-refractivity contribution in [1.29, 1.82) is 0 Å². The second kappa shape index (κ2) is 5.10. The molecule has 5 heterocycles. The van der Waals surface area contributed by atoms with Crippen molar-refractivity contribution >= 4 is 38.3 Å². The van der Waals surface area contributed by atoms with Gasteiger partial charge in [0.15, 0.2) is 5.13 Å². The summed E-state index contributed by atoms with van der Waals surface area (Å²) in [5, 5.41) is 8.96. The highest BCUT2D eigenvalue weighted by Crippen LogP contribution is 2.41. The van der Waals surface area contributed by atoms with E-state index in [1.165, 1.54) is 32.5 Å². The van der Waals surface area contributed by atoms with Crippen molar-refractivity contribution in [2.24, 2.45) is 5.92 Å². The maximum absolute atomic E-state index is 6.06. The van der Waals surface area contributed by atoms with Crippen LogP contribution in [0, 0.1) is 5.92 Å². The van der Waals surface area contributed by atoms with Gasteiger partial charge in [-0.2, -0.15) is 0 Å². The zero-order chi connectivity index (χ0) is 15.4. The van der Waals surface area contributed by atoms with Crippen LogP contribution >= 0.6 is 22.9 Å². The van der Waals surface area contributed by atoms with E-state index in [0.29, 0.717) is 0 Å². The summed E-state index contributed by atoms with van der Waals surface area (Å²) in [6.07, 6.45) is 6.08. The van der Waals surface area contributed by atoms with Crippen LogP contribution in [0.3, 0.4) is 0 Å². The van der Waals surface area contributed by atoms with Gasteiger partial charge in [-0.25, -0.2) is 4.98 Å². The van der Waals surface area contributed by atoms with Crippen LogP contribution in [0.1, 0.15) is 19.3 Å². The van der Waals surface area contributed by atoms with E-state index in [9.17, 15) is 0 Å². The number of benzene rings is 1. The first kappa shape index (κ1) is 14.1. The van der Waals surface area contributed by atoms with E-state index >= 15 is 0 Å². The standard InChI is InChI=1S/C17H19ClN4S/c18-12-1-2-13-14(9-12)23-16(19-13)20-15-3-6-17(21-15)10-22-7-4-11(17)5-8-22/h1-3,9,11,21H,4-8,10H2,(H,19,20). The van der Waals surface area contributed by atoms with E-state index in [-0.39, 0.29) is 5.54 Å². The van der Waals surface area contributed by atoms with Gasteiger partial charge in [-0.1, -0.05) is 22.9 Å². The molecule has 0 aliphatic carbocycles. The number of aromatic nitrogens is 1. The van der Waals surface area contributed by atoms with Gasteiger partial charge < -0.3 is 15.5 Å². The number of thiazole rings is 1. The van der Waals surface area contributed by atoms with E-state index in [1.54, 1.807) is 11.3 Å². The summed E-state index contributed by atoms with van der Waals surface area (Å²) in [5.41, 5.74) is 1.25. The third kappa shape index (κ3) is 2.33. The molecular weight excluding hydrogens is 328 g/mol. The first-order chi connectivity index (χ1) is 11.2. The molecule has 0 radical (unpaired) electrons. The molecule has 6 rings (SSSR count). The van der Waals surface area contributed by atoms with Crippen LogP contribution in [0.5, 0.6) is 0 Å². The molecule has 1 spiro atoms. The van der Waals surface area contributed by atoms with Crippen LogP contribution in [0.2, 0.25) is 5.02 Å². The maximum atomic E-state index is 6.06. The molecule has 2 bridgehead atoms. The molecule has 1 atom stereocenters. The number of fused-ring (bicyclic) bond motifs is 3. The Kier molecular flexibility index (Phi) is 3.12. The number of rotatable bonds is 2. The highest BCUT2D eigenvalue weighted by Gasteiger charge is 2.48. The maximum Gasteiger partial charge on any atom is 0.189 e. The first-order valence-electron chi connectivity index (χ1n) is 8.24. The van der Waals surface area contributed by atoms with E-state index < -0.39 is 0 Å². The summed E-state index contributed by atoms with van der Waals surface area (Å²) in [7, 11) is 0. The van der Waals surface area contributed by atoms with Gasteiger partial charge >= 0.3 is 0 Å². The Morgan fingerprint density at radius 2 is 2.22 bits per heavy atom. The van der Waals surface area contributed by atoms with E-state index in [1.807, 2.05) is 18.2 Å². The van der Waals surface area contributed by atoms with Crippen molar-refractivity contribution in [2.45, 2.75) is 24.8 Å². The Hall–Kier alpha value is -1.30. The van der Waals surface area contributed by atoms with Crippen molar-refractivity contribution in [3.05, 3.63) is 35.1 Å². The third-order valence-electron chi connectivity index (χ3n) is 5.52. The normalized spacial score (nSPS) is 32.3. The lowest BCUT2D eigenvalue weighted by molar-refractivity contribution is 0.0189. The van der Waals surface area contributed by atoms with Crippen LogP contribution in [-0.4, -0.2) is 35.1 Å². The van der Waals surface area contributed by atoms with Gasteiger partial charge in [0.1, 0.15) is 5.82 Å². The average Bonchev–Trinajstić information content (AvgIpc) is 3.12. The number of hydrogen-bond acceptors (Lipinski definition) is 5. The molecule has 1 aromatic carbocycles. The minimum Gasteiger partial charge on any atom is -0.365 e. The highest BCUT2D eigenvalue weighted by molar-refractivity contribution is 7.22. The number of piperidine rings is 3. The fourth-order valence-electron chi connectivity index (χ4n) is 4.35. The predicted octanol–water partition coefficient (Wildman–Crippen LogP) is 3.66. The smallest absolute Gasteiger partial charge is 0.189 e.